The fourth-order valence-electron chi connectivity index (χ4n) is 2.48. The van der Waals surface area contributed by atoms with Crippen LogP contribution in [-0.2, 0) is 0 Å². The van der Waals surface area contributed by atoms with Gasteiger partial charge in [0.2, 0.25) is 11.0 Å². The number of thiazole rings is 1. The zero-order valence-corrected chi connectivity index (χ0v) is 16.1. The van der Waals surface area contributed by atoms with Gasteiger partial charge in [0.15, 0.2) is 0 Å². The summed E-state index contributed by atoms with van der Waals surface area (Å²) in [7, 11) is 0. The third-order valence-electron chi connectivity index (χ3n) is 3.70. The lowest BCUT2D eigenvalue weighted by Crippen LogP contribution is -2.23. The SMILES string of the molecule is O=C(O)N(c1ccc(Oc2ncccc2Br)cc1)c1nc2ccccc2s1. The second-order valence-corrected chi connectivity index (χ2v) is 7.33. The van der Waals surface area contributed by atoms with E-state index in [1.54, 1.807) is 36.5 Å². The molecule has 2 heterocycles. The van der Waals surface area contributed by atoms with Crippen LogP contribution in [0.15, 0.2) is 71.3 Å². The van der Waals surface area contributed by atoms with Crippen molar-refractivity contribution >= 4 is 54.4 Å². The van der Waals surface area contributed by atoms with Crippen LogP contribution in [0.25, 0.3) is 10.2 Å². The standard InChI is InChI=1S/C19H12BrN3O3S/c20-14-4-3-11-21-17(14)26-13-9-7-12(8-10-13)23(19(24)25)18-22-15-5-1-2-6-16(15)27-18/h1-11H,(H,24,25). The van der Waals surface area contributed by atoms with Crippen LogP contribution >= 0.6 is 27.3 Å². The number of nitrogens with zero attached hydrogens (tertiary/aromatic N) is 3. The summed E-state index contributed by atoms with van der Waals surface area (Å²) in [6.45, 7) is 0. The van der Waals surface area contributed by atoms with Crippen molar-refractivity contribution < 1.29 is 14.6 Å². The Kier molecular flexibility index (Phi) is 4.74. The smallest absolute Gasteiger partial charge is 0.418 e. The van der Waals surface area contributed by atoms with Crippen molar-refractivity contribution in [2.75, 3.05) is 4.90 Å². The molecule has 1 amide bonds. The molecule has 6 nitrogen and oxygen atoms in total. The largest absolute Gasteiger partial charge is 0.464 e. The maximum atomic E-state index is 11.8. The molecule has 0 aliphatic rings. The van der Waals surface area contributed by atoms with Crippen molar-refractivity contribution in [1.82, 2.24) is 9.97 Å². The van der Waals surface area contributed by atoms with Gasteiger partial charge in [-0.25, -0.2) is 19.7 Å². The summed E-state index contributed by atoms with van der Waals surface area (Å²) in [5.74, 6) is 0.985. The van der Waals surface area contributed by atoms with Gasteiger partial charge >= 0.3 is 6.09 Å². The molecule has 0 aliphatic heterocycles. The molecule has 0 radical (unpaired) electrons. The highest BCUT2D eigenvalue weighted by atomic mass is 79.9. The minimum atomic E-state index is -1.10. The number of anilines is 2. The topological polar surface area (TPSA) is 75.5 Å². The minimum Gasteiger partial charge on any atom is -0.464 e. The van der Waals surface area contributed by atoms with E-state index < -0.39 is 6.09 Å². The monoisotopic (exact) mass is 441 g/mol. The van der Waals surface area contributed by atoms with E-state index in [4.69, 9.17) is 4.74 Å². The predicted molar refractivity (Wildman–Crippen MR) is 108 cm³/mol. The van der Waals surface area contributed by atoms with Gasteiger partial charge in [0, 0.05) is 6.20 Å². The molecule has 0 spiro atoms. The van der Waals surface area contributed by atoms with Crippen molar-refractivity contribution in [3.8, 4) is 11.6 Å². The van der Waals surface area contributed by atoms with E-state index in [2.05, 4.69) is 25.9 Å². The highest BCUT2D eigenvalue weighted by Gasteiger charge is 2.21. The molecule has 27 heavy (non-hydrogen) atoms. The molecule has 0 saturated heterocycles. The maximum Gasteiger partial charge on any atom is 0.418 e. The highest BCUT2D eigenvalue weighted by Crippen LogP contribution is 2.35. The van der Waals surface area contributed by atoms with Crippen molar-refractivity contribution in [2.24, 2.45) is 0 Å². The number of pyridine rings is 1. The Morgan fingerprint density at radius 2 is 1.85 bits per heavy atom. The van der Waals surface area contributed by atoms with Crippen LogP contribution in [0.1, 0.15) is 0 Å². The fourth-order valence-corrected chi connectivity index (χ4v) is 3.80. The molecular formula is C19H12BrN3O3S. The van der Waals surface area contributed by atoms with Gasteiger partial charge in [0.1, 0.15) is 5.75 Å². The Bertz CT molecular complexity index is 1080. The highest BCUT2D eigenvalue weighted by molar-refractivity contribution is 9.10. The van der Waals surface area contributed by atoms with Crippen molar-refractivity contribution in [2.45, 2.75) is 0 Å². The van der Waals surface area contributed by atoms with Crippen LogP contribution in [0.5, 0.6) is 11.6 Å². The van der Waals surface area contributed by atoms with Gasteiger partial charge in [-0.3, -0.25) is 0 Å². The number of amides is 1. The lowest BCUT2D eigenvalue weighted by atomic mass is 10.3. The summed E-state index contributed by atoms with van der Waals surface area (Å²) >= 11 is 4.70. The Balaban J connectivity index is 1.64. The second-order valence-electron chi connectivity index (χ2n) is 5.47. The Morgan fingerprint density at radius 1 is 1.07 bits per heavy atom. The minimum absolute atomic E-state index is 0.393. The normalized spacial score (nSPS) is 10.7. The lowest BCUT2D eigenvalue weighted by molar-refractivity contribution is 0.205. The number of rotatable bonds is 4. The molecule has 1 N–H and O–H groups in total. The Labute approximate surface area is 166 Å². The number of carbonyl (C=O) groups is 1. The maximum absolute atomic E-state index is 11.8. The summed E-state index contributed by atoms with van der Waals surface area (Å²) in [5, 5.41) is 10.1. The zero-order chi connectivity index (χ0) is 18.8. The van der Waals surface area contributed by atoms with E-state index in [0.29, 0.717) is 22.4 Å². The molecule has 0 bridgehead atoms. The Hall–Kier alpha value is -2.97. The molecule has 0 unspecified atom stereocenters. The molecule has 4 rings (SSSR count). The van der Waals surface area contributed by atoms with Gasteiger partial charge in [-0.15, -0.1) is 0 Å². The average Bonchev–Trinajstić information content (AvgIpc) is 3.08. The lowest BCUT2D eigenvalue weighted by Gasteiger charge is -2.16. The number of halogens is 1. The average molecular weight is 442 g/mol. The molecule has 0 atom stereocenters. The quantitative estimate of drug-likeness (QED) is 0.416. The van der Waals surface area contributed by atoms with Gasteiger partial charge in [-0.05, 0) is 64.5 Å². The molecular weight excluding hydrogens is 430 g/mol. The Morgan fingerprint density at radius 3 is 2.56 bits per heavy atom. The fraction of sp³-hybridized carbons (Fsp3) is 0. The summed E-state index contributed by atoms with van der Waals surface area (Å²) in [6, 6.07) is 17.9. The first-order valence-electron chi connectivity index (χ1n) is 7.89. The summed E-state index contributed by atoms with van der Waals surface area (Å²) in [4.78, 5) is 21.6. The van der Waals surface area contributed by atoms with E-state index in [1.807, 2.05) is 30.3 Å². The third kappa shape index (κ3) is 3.62. The number of hydrogen-bond donors (Lipinski definition) is 1. The number of aromatic nitrogens is 2. The molecule has 0 aliphatic carbocycles. The first-order chi connectivity index (χ1) is 13.1. The molecule has 0 fully saturated rings. The van der Waals surface area contributed by atoms with Crippen molar-refractivity contribution in [1.29, 1.82) is 0 Å². The number of para-hydroxylation sites is 1. The van der Waals surface area contributed by atoms with Crippen LogP contribution in [0.3, 0.4) is 0 Å². The third-order valence-corrected chi connectivity index (χ3v) is 5.32. The van der Waals surface area contributed by atoms with Gasteiger partial charge in [-0.2, -0.15) is 0 Å². The number of hydrogen-bond acceptors (Lipinski definition) is 5. The van der Waals surface area contributed by atoms with Gasteiger partial charge < -0.3 is 9.84 Å². The summed E-state index contributed by atoms with van der Waals surface area (Å²) < 4.78 is 7.38. The molecule has 8 heteroatoms. The molecule has 2 aromatic carbocycles. The van der Waals surface area contributed by atoms with E-state index in [9.17, 15) is 9.90 Å². The second kappa shape index (κ2) is 7.34. The number of ether oxygens (including phenoxy) is 1. The molecule has 2 aromatic heterocycles. The molecule has 0 saturated carbocycles. The first-order valence-corrected chi connectivity index (χ1v) is 9.50. The molecule has 4 aromatic rings. The van der Waals surface area contributed by atoms with Crippen LogP contribution in [0.4, 0.5) is 15.6 Å². The summed E-state index contributed by atoms with van der Waals surface area (Å²) in [6.07, 6.45) is 0.531. The molecule has 134 valence electrons. The van der Waals surface area contributed by atoms with E-state index >= 15 is 0 Å². The number of fused-ring (bicyclic) bond motifs is 1. The van der Waals surface area contributed by atoms with E-state index in [0.717, 1.165) is 19.6 Å². The van der Waals surface area contributed by atoms with Crippen molar-refractivity contribution in [3.05, 3.63) is 71.3 Å². The van der Waals surface area contributed by atoms with Gasteiger partial charge in [0.25, 0.3) is 0 Å². The first kappa shape index (κ1) is 17.4. The zero-order valence-electron chi connectivity index (χ0n) is 13.7. The number of carboxylic acid groups (broad SMARTS) is 1. The van der Waals surface area contributed by atoms with E-state index in [1.165, 1.54) is 11.3 Å². The van der Waals surface area contributed by atoms with E-state index in [-0.39, 0.29) is 0 Å². The van der Waals surface area contributed by atoms with Gasteiger partial charge in [-0.1, -0.05) is 23.5 Å². The summed E-state index contributed by atoms with van der Waals surface area (Å²) in [5.41, 5.74) is 1.25. The van der Waals surface area contributed by atoms with Crippen LogP contribution in [-0.4, -0.2) is 21.2 Å². The van der Waals surface area contributed by atoms with Crippen LogP contribution < -0.4 is 9.64 Å². The van der Waals surface area contributed by atoms with Gasteiger partial charge in [0.05, 0.1) is 20.4 Å². The van der Waals surface area contributed by atoms with Crippen LogP contribution in [0.2, 0.25) is 0 Å². The predicted octanol–water partition coefficient (Wildman–Crippen LogP) is 6.06. The van der Waals surface area contributed by atoms with Crippen molar-refractivity contribution in [3.63, 3.8) is 0 Å². The number of benzene rings is 2. The van der Waals surface area contributed by atoms with Crippen LogP contribution in [0, 0.1) is 0 Å².